The minimum Gasteiger partial charge on any atom is -0.467 e. The van der Waals surface area contributed by atoms with Crippen molar-refractivity contribution in [3.63, 3.8) is 0 Å². The maximum Gasteiger partial charge on any atom is 0.328 e. The summed E-state index contributed by atoms with van der Waals surface area (Å²) in [5, 5.41) is 5.06. The average Bonchev–Trinajstić information content (AvgIpc) is 2.84. The Morgan fingerprint density at radius 2 is 2.26 bits per heavy atom. The van der Waals surface area contributed by atoms with Gasteiger partial charge in [0.1, 0.15) is 11.7 Å². The van der Waals surface area contributed by atoms with E-state index >= 15 is 0 Å². The van der Waals surface area contributed by atoms with Crippen molar-refractivity contribution < 1.29 is 14.3 Å². The molecule has 0 radical (unpaired) electrons. The Morgan fingerprint density at radius 1 is 1.58 bits per heavy atom. The Morgan fingerprint density at radius 3 is 2.79 bits per heavy atom. The second-order valence-corrected chi connectivity index (χ2v) is 4.57. The third-order valence-corrected chi connectivity index (χ3v) is 3.25. The first kappa shape index (κ1) is 17.8. The van der Waals surface area contributed by atoms with E-state index in [1.807, 2.05) is 0 Å². The number of ether oxygens (including phenoxy) is 1. The Labute approximate surface area is 122 Å². The number of thiazole rings is 1. The van der Waals surface area contributed by atoms with Gasteiger partial charge in [0.25, 0.3) is 5.91 Å². The molecule has 3 N–H and O–H groups in total. The van der Waals surface area contributed by atoms with E-state index < -0.39 is 12.0 Å². The van der Waals surface area contributed by atoms with Crippen LogP contribution in [0.1, 0.15) is 28.8 Å². The molecule has 1 aromatic rings. The second kappa shape index (κ2) is 8.84. The number of nitrogens with one attached hydrogen (secondary N) is 1. The van der Waals surface area contributed by atoms with Crippen molar-refractivity contribution in [3.8, 4) is 0 Å². The van der Waals surface area contributed by atoms with Crippen molar-refractivity contribution in [2.75, 3.05) is 13.7 Å². The molecule has 0 aliphatic rings. The van der Waals surface area contributed by atoms with Crippen molar-refractivity contribution in [3.05, 3.63) is 16.1 Å². The Kier molecular flexibility index (Phi) is 8.29. The molecule has 6 nitrogen and oxygen atoms in total. The third-order valence-electron chi connectivity index (χ3n) is 2.34. The number of nitrogens with two attached hydrogens (primary N) is 1. The summed E-state index contributed by atoms with van der Waals surface area (Å²) in [6, 6.07) is -0.637. The molecule has 0 saturated carbocycles. The number of carbonyl (C=O) groups excluding carboxylic acids is 2. The maximum atomic E-state index is 11.8. The minimum atomic E-state index is -0.637. The fourth-order valence-corrected chi connectivity index (χ4v) is 2.15. The van der Waals surface area contributed by atoms with Crippen LogP contribution in [0.5, 0.6) is 0 Å². The predicted molar refractivity (Wildman–Crippen MR) is 75.7 cm³/mol. The molecule has 1 atom stereocenters. The highest BCUT2D eigenvalue weighted by Gasteiger charge is 2.21. The SMILES string of the molecule is CCC(NC(=O)c1csc(CCN)n1)C(=O)OC.Cl. The summed E-state index contributed by atoms with van der Waals surface area (Å²) < 4.78 is 4.60. The maximum absolute atomic E-state index is 11.8. The summed E-state index contributed by atoms with van der Waals surface area (Å²) in [7, 11) is 1.29. The van der Waals surface area contributed by atoms with Crippen LogP contribution in [0.25, 0.3) is 0 Å². The molecule has 0 spiro atoms. The highest BCUT2D eigenvalue weighted by molar-refractivity contribution is 7.09. The second-order valence-electron chi connectivity index (χ2n) is 3.62. The number of hydrogen-bond acceptors (Lipinski definition) is 6. The van der Waals surface area contributed by atoms with Crippen LogP contribution in [-0.2, 0) is 16.0 Å². The van der Waals surface area contributed by atoms with Crippen molar-refractivity contribution >= 4 is 35.6 Å². The molecular weight excluding hydrogens is 290 g/mol. The van der Waals surface area contributed by atoms with Gasteiger partial charge in [-0.1, -0.05) is 6.92 Å². The van der Waals surface area contributed by atoms with E-state index in [0.29, 0.717) is 25.1 Å². The Hall–Kier alpha value is -1.18. The minimum absolute atomic E-state index is 0. The molecular formula is C11H18ClN3O3S. The third kappa shape index (κ3) is 5.14. The van der Waals surface area contributed by atoms with E-state index in [1.165, 1.54) is 18.4 Å². The average molecular weight is 308 g/mol. The molecule has 0 saturated heterocycles. The molecule has 0 fully saturated rings. The van der Waals surface area contributed by atoms with Crippen molar-refractivity contribution in [2.45, 2.75) is 25.8 Å². The Bertz CT molecular complexity index is 425. The van der Waals surface area contributed by atoms with Crippen LogP contribution in [0.2, 0.25) is 0 Å². The van der Waals surface area contributed by atoms with Gasteiger partial charge in [0.2, 0.25) is 0 Å². The van der Waals surface area contributed by atoms with Gasteiger partial charge in [-0.15, -0.1) is 23.7 Å². The first-order valence-electron chi connectivity index (χ1n) is 5.65. The number of hydrogen-bond donors (Lipinski definition) is 2. The largest absolute Gasteiger partial charge is 0.467 e. The number of esters is 1. The highest BCUT2D eigenvalue weighted by Crippen LogP contribution is 2.10. The molecule has 0 aliphatic heterocycles. The van der Waals surface area contributed by atoms with Gasteiger partial charge < -0.3 is 15.8 Å². The molecule has 0 aromatic carbocycles. The number of aromatic nitrogens is 1. The zero-order valence-electron chi connectivity index (χ0n) is 10.8. The van der Waals surface area contributed by atoms with E-state index in [-0.39, 0.29) is 18.3 Å². The first-order valence-corrected chi connectivity index (χ1v) is 6.53. The van der Waals surface area contributed by atoms with Crippen LogP contribution in [0, 0.1) is 0 Å². The fourth-order valence-electron chi connectivity index (χ4n) is 1.36. The predicted octanol–water partition coefficient (Wildman–Crippen LogP) is 0.748. The molecule has 19 heavy (non-hydrogen) atoms. The molecule has 1 rings (SSSR count). The number of nitrogens with zero attached hydrogens (tertiary/aromatic N) is 1. The van der Waals surface area contributed by atoms with Crippen molar-refractivity contribution in [2.24, 2.45) is 5.73 Å². The van der Waals surface area contributed by atoms with E-state index in [1.54, 1.807) is 12.3 Å². The van der Waals surface area contributed by atoms with Gasteiger partial charge in [-0.05, 0) is 13.0 Å². The lowest BCUT2D eigenvalue weighted by atomic mass is 10.2. The molecule has 1 unspecified atom stereocenters. The summed E-state index contributed by atoms with van der Waals surface area (Å²) >= 11 is 1.38. The molecule has 8 heteroatoms. The summed E-state index contributed by atoms with van der Waals surface area (Å²) in [5.41, 5.74) is 5.72. The summed E-state index contributed by atoms with van der Waals surface area (Å²) in [4.78, 5) is 27.3. The molecule has 108 valence electrons. The smallest absolute Gasteiger partial charge is 0.328 e. The lowest BCUT2D eigenvalue weighted by Crippen LogP contribution is -2.41. The molecule has 1 amide bonds. The number of rotatable bonds is 6. The van der Waals surface area contributed by atoms with Crippen LogP contribution < -0.4 is 11.1 Å². The number of amides is 1. The number of methoxy groups -OCH3 is 1. The fraction of sp³-hybridized carbons (Fsp3) is 0.545. The van der Waals surface area contributed by atoms with Crippen LogP contribution >= 0.6 is 23.7 Å². The topological polar surface area (TPSA) is 94.3 Å². The number of carbonyl (C=O) groups is 2. The zero-order valence-corrected chi connectivity index (χ0v) is 12.5. The molecule has 1 heterocycles. The van der Waals surface area contributed by atoms with Gasteiger partial charge in [-0.25, -0.2) is 9.78 Å². The molecule has 1 aromatic heterocycles. The van der Waals surface area contributed by atoms with Crippen LogP contribution in [-0.4, -0.2) is 36.6 Å². The number of halogens is 1. The standard InChI is InChI=1S/C11H17N3O3S.ClH/c1-3-7(11(16)17-2)14-10(15)8-6-18-9(13-8)4-5-12;/h6-7H,3-5,12H2,1-2H3,(H,14,15);1H. The highest BCUT2D eigenvalue weighted by atomic mass is 35.5. The van der Waals surface area contributed by atoms with Crippen LogP contribution in [0.4, 0.5) is 0 Å². The van der Waals surface area contributed by atoms with Gasteiger partial charge in [0, 0.05) is 11.8 Å². The first-order chi connectivity index (χ1) is 8.62. The Balaban J connectivity index is 0.00000324. The van der Waals surface area contributed by atoms with Crippen molar-refractivity contribution in [1.82, 2.24) is 10.3 Å². The zero-order chi connectivity index (χ0) is 13.5. The quantitative estimate of drug-likeness (QED) is 0.756. The lowest BCUT2D eigenvalue weighted by molar-refractivity contribution is -0.142. The van der Waals surface area contributed by atoms with E-state index in [9.17, 15) is 9.59 Å². The molecule has 0 aliphatic carbocycles. The summed E-state index contributed by atoms with van der Waals surface area (Å²) in [6.45, 7) is 2.29. The van der Waals surface area contributed by atoms with Gasteiger partial charge in [0.05, 0.1) is 12.1 Å². The van der Waals surface area contributed by atoms with E-state index in [2.05, 4.69) is 15.0 Å². The summed E-state index contributed by atoms with van der Waals surface area (Å²) in [6.07, 6.45) is 1.12. The van der Waals surface area contributed by atoms with Crippen LogP contribution in [0.3, 0.4) is 0 Å². The lowest BCUT2D eigenvalue weighted by Gasteiger charge is -2.13. The van der Waals surface area contributed by atoms with Gasteiger partial charge in [-0.2, -0.15) is 0 Å². The molecule has 0 bridgehead atoms. The van der Waals surface area contributed by atoms with E-state index in [4.69, 9.17) is 5.73 Å². The van der Waals surface area contributed by atoms with Gasteiger partial charge in [0.15, 0.2) is 0 Å². The summed E-state index contributed by atoms with van der Waals surface area (Å²) in [5.74, 6) is -0.824. The normalized spacial score (nSPS) is 11.3. The van der Waals surface area contributed by atoms with Gasteiger partial charge in [-0.3, -0.25) is 4.79 Å². The van der Waals surface area contributed by atoms with Crippen LogP contribution in [0.15, 0.2) is 5.38 Å². The van der Waals surface area contributed by atoms with Gasteiger partial charge >= 0.3 is 5.97 Å². The van der Waals surface area contributed by atoms with E-state index in [0.717, 1.165) is 5.01 Å². The monoisotopic (exact) mass is 307 g/mol. The van der Waals surface area contributed by atoms with Crippen molar-refractivity contribution in [1.29, 1.82) is 0 Å².